The first-order valence-electron chi connectivity index (χ1n) is 7.08. The van der Waals surface area contributed by atoms with Crippen LogP contribution in [0.4, 0.5) is 0 Å². The number of hydrogen-bond acceptors (Lipinski definition) is 1. The summed E-state index contributed by atoms with van der Waals surface area (Å²) >= 11 is 5.78. The lowest BCUT2D eigenvalue weighted by atomic mass is 9.86. The molecule has 0 aromatic heterocycles. The molecular weight excluding hydrogens is 280 g/mol. The third-order valence-electron chi connectivity index (χ3n) is 3.26. The highest BCUT2D eigenvalue weighted by molar-refractivity contribution is 6.17. The summed E-state index contributed by atoms with van der Waals surface area (Å²) in [7, 11) is 0. The SMILES string of the molecule is CC#CC(OCCCCl)(c1ccccc1)c1ccccc1. The lowest BCUT2D eigenvalue weighted by Crippen LogP contribution is -2.30. The van der Waals surface area contributed by atoms with Crippen LogP contribution in [0.15, 0.2) is 60.7 Å². The van der Waals surface area contributed by atoms with Crippen LogP contribution in [0.2, 0.25) is 0 Å². The zero-order valence-corrected chi connectivity index (χ0v) is 12.9. The molecule has 108 valence electrons. The number of alkyl halides is 1. The van der Waals surface area contributed by atoms with Gasteiger partial charge in [0.25, 0.3) is 0 Å². The average Bonchev–Trinajstić information content (AvgIpc) is 2.56. The van der Waals surface area contributed by atoms with E-state index in [4.69, 9.17) is 16.3 Å². The fraction of sp³-hybridized carbons (Fsp3) is 0.263. The monoisotopic (exact) mass is 298 g/mol. The van der Waals surface area contributed by atoms with E-state index in [0.717, 1.165) is 17.5 Å². The quantitative estimate of drug-likeness (QED) is 0.430. The second kappa shape index (κ2) is 7.88. The molecule has 2 heteroatoms. The molecule has 0 saturated heterocycles. The second-order valence-electron chi connectivity index (χ2n) is 4.68. The van der Waals surface area contributed by atoms with Crippen molar-refractivity contribution in [1.82, 2.24) is 0 Å². The molecular formula is C19H19ClO. The minimum absolute atomic E-state index is 0.571. The Kier molecular flexibility index (Phi) is 5.87. The van der Waals surface area contributed by atoms with Gasteiger partial charge in [0.1, 0.15) is 0 Å². The van der Waals surface area contributed by atoms with E-state index in [2.05, 4.69) is 36.1 Å². The third-order valence-corrected chi connectivity index (χ3v) is 3.53. The van der Waals surface area contributed by atoms with E-state index in [1.54, 1.807) is 0 Å². The molecule has 0 N–H and O–H groups in total. The Morgan fingerprint density at radius 1 is 0.952 bits per heavy atom. The number of benzene rings is 2. The van der Waals surface area contributed by atoms with Gasteiger partial charge in [-0.2, -0.15) is 0 Å². The van der Waals surface area contributed by atoms with Gasteiger partial charge in [-0.3, -0.25) is 0 Å². The molecule has 0 fully saturated rings. The molecule has 2 aromatic rings. The molecule has 21 heavy (non-hydrogen) atoms. The van der Waals surface area contributed by atoms with Gasteiger partial charge in [0.15, 0.2) is 5.60 Å². The Bertz CT molecular complexity index is 556. The largest absolute Gasteiger partial charge is 0.354 e. The number of rotatable bonds is 6. The Morgan fingerprint density at radius 3 is 1.90 bits per heavy atom. The van der Waals surface area contributed by atoms with Gasteiger partial charge in [0.2, 0.25) is 0 Å². The first-order chi connectivity index (χ1) is 10.3. The van der Waals surface area contributed by atoms with E-state index >= 15 is 0 Å². The molecule has 1 nitrogen and oxygen atoms in total. The van der Waals surface area contributed by atoms with E-state index < -0.39 is 5.60 Å². The summed E-state index contributed by atoms with van der Waals surface area (Å²) in [5, 5.41) is 0. The minimum atomic E-state index is -0.733. The molecule has 0 radical (unpaired) electrons. The molecule has 0 aliphatic carbocycles. The van der Waals surface area contributed by atoms with E-state index in [9.17, 15) is 0 Å². The summed E-state index contributed by atoms with van der Waals surface area (Å²) in [6.07, 6.45) is 0.800. The second-order valence-corrected chi connectivity index (χ2v) is 5.06. The van der Waals surface area contributed by atoms with Gasteiger partial charge >= 0.3 is 0 Å². The molecule has 2 aromatic carbocycles. The maximum absolute atomic E-state index is 6.22. The highest BCUT2D eigenvalue weighted by atomic mass is 35.5. The highest BCUT2D eigenvalue weighted by Gasteiger charge is 2.33. The zero-order valence-electron chi connectivity index (χ0n) is 12.2. The average molecular weight is 299 g/mol. The van der Waals surface area contributed by atoms with Crippen LogP contribution in [-0.2, 0) is 10.3 Å². The normalized spacial score (nSPS) is 10.8. The third kappa shape index (κ3) is 3.67. The Balaban J connectivity index is 2.51. The summed E-state index contributed by atoms with van der Waals surface area (Å²) in [6, 6.07) is 20.2. The van der Waals surface area contributed by atoms with E-state index in [-0.39, 0.29) is 0 Å². The van der Waals surface area contributed by atoms with Gasteiger partial charge in [-0.15, -0.1) is 17.5 Å². The summed E-state index contributed by atoms with van der Waals surface area (Å²) in [4.78, 5) is 0. The van der Waals surface area contributed by atoms with Crippen molar-refractivity contribution in [2.75, 3.05) is 12.5 Å². The van der Waals surface area contributed by atoms with Gasteiger partial charge in [-0.1, -0.05) is 66.6 Å². The molecule has 0 aliphatic heterocycles. The van der Waals surface area contributed by atoms with Crippen molar-refractivity contribution in [2.45, 2.75) is 18.9 Å². The molecule has 0 heterocycles. The van der Waals surface area contributed by atoms with Crippen molar-refractivity contribution >= 4 is 11.6 Å². The van der Waals surface area contributed by atoms with Crippen LogP contribution in [0.1, 0.15) is 24.5 Å². The van der Waals surface area contributed by atoms with Gasteiger partial charge in [0.05, 0.1) is 6.61 Å². The van der Waals surface area contributed by atoms with Crippen molar-refractivity contribution in [1.29, 1.82) is 0 Å². The first-order valence-corrected chi connectivity index (χ1v) is 7.62. The standard InChI is InChI=1S/C19H19ClO/c1-2-14-19(21-16-9-15-20,17-10-5-3-6-11-17)18-12-7-4-8-13-18/h3-8,10-13H,9,15-16H2,1H3. The van der Waals surface area contributed by atoms with Crippen LogP contribution in [0.5, 0.6) is 0 Å². The zero-order chi connectivity index (χ0) is 15.0. The lowest BCUT2D eigenvalue weighted by Gasteiger charge is -2.30. The molecule has 0 amide bonds. The summed E-state index contributed by atoms with van der Waals surface area (Å²) in [5.41, 5.74) is 1.35. The van der Waals surface area contributed by atoms with E-state index in [0.29, 0.717) is 12.5 Å². The smallest absolute Gasteiger partial charge is 0.179 e. The van der Waals surface area contributed by atoms with Crippen LogP contribution in [0, 0.1) is 11.8 Å². The maximum atomic E-state index is 6.22. The van der Waals surface area contributed by atoms with Crippen molar-refractivity contribution in [3.05, 3.63) is 71.8 Å². The van der Waals surface area contributed by atoms with Gasteiger partial charge in [0, 0.05) is 17.0 Å². The van der Waals surface area contributed by atoms with Crippen molar-refractivity contribution in [2.24, 2.45) is 0 Å². The van der Waals surface area contributed by atoms with E-state index in [1.165, 1.54) is 0 Å². The van der Waals surface area contributed by atoms with Gasteiger partial charge in [-0.05, 0) is 13.3 Å². The fourth-order valence-corrected chi connectivity index (χ4v) is 2.42. The van der Waals surface area contributed by atoms with Gasteiger partial charge in [-0.25, -0.2) is 0 Å². The van der Waals surface area contributed by atoms with Crippen LogP contribution in [0.3, 0.4) is 0 Å². The van der Waals surface area contributed by atoms with E-state index in [1.807, 2.05) is 43.3 Å². The Hall–Kier alpha value is -1.75. The number of halogens is 1. The number of hydrogen-bond donors (Lipinski definition) is 0. The molecule has 0 atom stereocenters. The molecule has 0 aliphatic rings. The van der Waals surface area contributed by atoms with Crippen LogP contribution >= 0.6 is 11.6 Å². The topological polar surface area (TPSA) is 9.23 Å². The van der Waals surface area contributed by atoms with Crippen molar-refractivity contribution < 1.29 is 4.74 Å². The molecule has 0 spiro atoms. The predicted molar refractivity (Wildman–Crippen MR) is 88.4 cm³/mol. The predicted octanol–water partition coefficient (Wildman–Crippen LogP) is 4.60. The maximum Gasteiger partial charge on any atom is 0.179 e. The van der Waals surface area contributed by atoms with Crippen molar-refractivity contribution in [3.8, 4) is 11.8 Å². The minimum Gasteiger partial charge on any atom is -0.354 e. The summed E-state index contributed by atoms with van der Waals surface area (Å²) < 4.78 is 6.22. The summed E-state index contributed by atoms with van der Waals surface area (Å²) in [6.45, 7) is 2.41. The summed E-state index contributed by atoms with van der Waals surface area (Å²) in [5.74, 6) is 6.88. The first kappa shape index (κ1) is 15.6. The fourth-order valence-electron chi connectivity index (χ4n) is 2.32. The number of ether oxygens (including phenoxy) is 1. The molecule has 0 unspecified atom stereocenters. The molecule has 2 rings (SSSR count). The molecule has 0 bridgehead atoms. The lowest BCUT2D eigenvalue weighted by molar-refractivity contribution is 0.0271. The Labute approximate surface area is 131 Å². The van der Waals surface area contributed by atoms with Gasteiger partial charge < -0.3 is 4.74 Å². The van der Waals surface area contributed by atoms with Crippen LogP contribution in [0.25, 0.3) is 0 Å². The Morgan fingerprint density at radius 2 is 1.48 bits per heavy atom. The van der Waals surface area contributed by atoms with Crippen LogP contribution in [-0.4, -0.2) is 12.5 Å². The van der Waals surface area contributed by atoms with Crippen molar-refractivity contribution in [3.63, 3.8) is 0 Å². The van der Waals surface area contributed by atoms with Crippen LogP contribution < -0.4 is 0 Å². The highest BCUT2D eigenvalue weighted by Crippen LogP contribution is 2.33. The molecule has 0 saturated carbocycles.